The Morgan fingerprint density at radius 3 is 2.24 bits per heavy atom. The molecule has 0 aliphatic carbocycles. The van der Waals surface area contributed by atoms with Gasteiger partial charge in [-0.1, -0.05) is 30.3 Å². The highest BCUT2D eigenvalue weighted by Gasteiger charge is 2.12. The van der Waals surface area contributed by atoms with Crippen molar-refractivity contribution < 1.29 is 14.2 Å². The minimum absolute atomic E-state index is 0.0143. The number of sulfonamides is 1. The van der Waals surface area contributed by atoms with Crippen LogP contribution < -0.4 is 5.73 Å². The predicted molar refractivity (Wildman–Crippen MR) is 80.2 cm³/mol. The van der Waals surface area contributed by atoms with Gasteiger partial charge in [-0.25, -0.2) is 8.42 Å². The van der Waals surface area contributed by atoms with Gasteiger partial charge in [0, 0.05) is 11.5 Å². The summed E-state index contributed by atoms with van der Waals surface area (Å²) in [6.07, 6.45) is 0. The molecule has 0 fully saturated rings. The summed E-state index contributed by atoms with van der Waals surface area (Å²) in [7, 11) is -3.68. The Balaban J connectivity index is 2.22. The number of hydrogen-bond donors (Lipinski definition) is 1. The summed E-state index contributed by atoms with van der Waals surface area (Å²) in [5.74, 6) is -0.186. The second kappa shape index (κ2) is 6.19. The molecule has 0 radical (unpaired) electrons. The summed E-state index contributed by atoms with van der Waals surface area (Å²) in [4.78, 5) is 8.07. The third kappa shape index (κ3) is 4.24. The number of quaternary nitrogens is 1. The summed E-state index contributed by atoms with van der Waals surface area (Å²) < 4.78 is 28.1. The lowest BCUT2D eigenvalue weighted by Gasteiger charge is -2.15. The molecule has 21 heavy (non-hydrogen) atoms. The van der Waals surface area contributed by atoms with Gasteiger partial charge in [0.1, 0.15) is 0 Å². The lowest BCUT2D eigenvalue weighted by molar-refractivity contribution is -0.386. The van der Waals surface area contributed by atoms with E-state index in [-0.39, 0.29) is 11.7 Å². The van der Waals surface area contributed by atoms with Gasteiger partial charge in [0.05, 0.1) is 12.3 Å². The fraction of sp³-hybridized carbons (Fsp3) is 0.286. The molecule has 1 aromatic carbocycles. The Kier molecular flexibility index (Phi) is 4.54. The van der Waals surface area contributed by atoms with Gasteiger partial charge in [-0.05, 0) is 30.8 Å². The van der Waals surface area contributed by atoms with Crippen LogP contribution in [0.5, 0.6) is 0 Å². The molecule has 112 valence electrons. The highest BCUT2D eigenvalue weighted by Crippen LogP contribution is 2.22. The van der Waals surface area contributed by atoms with E-state index in [0.29, 0.717) is 23.5 Å². The molecule has 1 heterocycles. The number of rotatable bonds is 5. The molecule has 0 aliphatic rings. The molecule has 0 aliphatic heterocycles. The molecule has 0 amide bonds. The van der Waals surface area contributed by atoms with Crippen LogP contribution in [-0.4, -0.2) is 18.4 Å². The van der Waals surface area contributed by atoms with Gasteiger partial charge in [0.2, 0.25) is 10.0 Å². The molecule has 7 heteroatoms. The van der Waals surface area contributed by atoms with Crippen LogP contribution in [0.1, 0.15) is 22.5 Å². The number of hydrogen-bond acceptors (Lipinski definition) is 4. The van der Waals surface area contributed by atoms with Gasteiger partial charge in [-0.3, -0.25) is 4.72 Å². The standard InChI is InChI=1S/C14H17N4O2S/c1-10-7-11(2)17-14(16-10)18-21(19,20)9-13-6-4-3-5-12(13)8-15/h3-7H,8-9,15H2,1-2H3/q-1/p+1. The normalized spacial score (nSPS) is 11.4. The fourth-order valence-electron chi connectivity index (χ4n) is 2.04. The summed E-state index contributed by atoms with van der Waals surface area (Å²) in [6, 6.07) is 9.07. The molecule has 0 spiro atoms. The predicted octanol–water partition coefficient (Wildman–Crippen LogP) is 1.37. The van der Waals surface area contributed by atoms with E-state index in [4.69, 9.17) is 0 Å². The average molecular weight is 306 g/mol. The lowest BCUT2D eigenvalue weighted by atomic mass is 10.1. The van der Waals surface area contributed by atoms with Gasteiger partial charge >= 0.3 is 0 Å². The van der Waals surface area contributed by atoms with Crippen LogP contribution in [0.4, 0.5) is 5.95 Å². The zero-order valence-corrected chi connectivity index (χ0v) is 12.9. The van der Waals surface area contributed by atoms with E-state index in [2.05, 4.69) is 20.4 Å². The molecule has 0 saturated carbocycles. The monoisotopic (exact) mass is 306 g/mol. The van der Waals surface area contributed by atoms with E-state index in [1.807, 2.05) is 12.1 Å². The van der Waals surface area contributed by atoms with Crippen molar-refractivity contribution in [2.45, 2.75) is 26.1 Å². The van der Waals surface area contributed by atoms with Crippen LogP contribution in [0.15, 0.2) is 30.3 Å². The number of aromatic nitrogens is 2. The highest BCUT2D eigenvalue weighted by atomic mass is 32.2. The van der Waals surface area contributed by atoms with Crippen LogP contribution in [0.3, 0.4) is 0 Å². The van der Waals surface area contributed by atoms with E-state index in [1.54, 1.807) is 32.0 Å². The van der Waals surface area contributed by atoms with Crippen LogP contribution in [-0.2, 0) is 22.3 Å². The van der Waals surface area contributed by atoms with Crippen molar-refractivity contribution in [2.75, 3.05) is 0 Å². The Bertz CT molecular complexity index is 724. The summed E-state index contributed by atoms with van der Waals surface area (Å²) in [5.41, 5.74) is 6.79. The molecule has 0 saturated heterocycles. The molecular formula is C14H18N4O2S. The first kappa shape index (κ1) is 15.4. The molecule has 6 nitrogen and oxygen atoms in total. The van der Waals surface area contributed by atoms with Crippen molar-refractivity contribution in [3.63, 3.8) is 0 Å². The van der Waals surface area contributed by atoms with Crippen molar-refractivity contribution in [1.82, 2.24) is 9.97 Å². The van der Waals surface area contributed by atoms with Gasteiger partial charge in [0.15, 0.2) is 0 Å². The fourth-order valence-corrected chi connectivity index (χ4v) is 3.11. The zero-order valence-electron chi connectivity index (χ0n) is 12.1. The topological polar surface area (TPSA) is 102 Å². The van der Waals surface area contributed by atoms with Crippen molar-refractivity contribution in [2.24, 2.45) is 0 Å². The molecule has 1 aromatic heterocycles. The van der Waals surface area contributed by atoms with Crippen molar-refractivity contribution in [3.8, 4) is 0 Å². The number of nitrogens with zero attached hydrogens (tertiary/aromatic N) is 3. The van der Waals surface area contributed by atoms with Crippen molar-refractivity contribution in [1.29, 1.82) is 0 Å². The Hall–Kier alpha value is -1.99. The maximum absolute atomic E-state index is 12.2. The van der Waals surface area contributed by atoms with Gasteiger partial charge in [0.25, 0.3) is 0 Å². The number of aryl methyl sites for hydroxylation is 2. The van der Waals surface area contributed by atoms with Crippen molar-refractivity contribution >= 4 is 16.0 Å². The molecule has 0 atom stereocenters. The molecule has 2 aromatic rings. The molecule has 0 unspecified atom stereocenters. The van der Waals surface area contributed by atoms with E-state index in [1.165, 1.54) is 0 Å². The quantitative estimate of drug-likeness (QED) is 0.901. The Labute approximate surface area is 124 Å². The Morgan fingerprint density at radius 1 is 1.10 bits per heavy atom. The van der Waals surface area contributed by atoms with E-state index < -0.39 is 10.0 Å². The van der Waals surface area contributed by atoms with Gasteiger partial charge in [-0.2, -0.15) is 0 Å². The first-order valence-corrected chi connectivity index (χ1v) is 8.14. The van der Waals surface area contributed by atoms with E-state index in [9.17, 15) is 8.42 Å². The minimum Gasteiger partial charge on any atom is -0.363 e. The molecule has 3 N–H and O–H groups in total. The highest BCUT2D eigenvalue weighted by molar-refractivity contribution is 7.93. The smallest absolute Gasteiger partial charge is 0.204 e. The van der Waals surface area contributed by atoms with Crippen LogP contribution >= 0.6 is 0 Å². The van der Waals surface area contributed by atoms with Gasteiger partial charge < -0.3 is 15.7 Å². The Morgan fingerprint density at radius 2 is 1.67 bits per heavy atom. The second-order valence-electron chi connectivity index (χ2n) is 4.79. The molecule has 0 bridgehead atoms. The maximum atomic E-state index is 12.2. The SMILES string of the molecule is Cc1cc(C)nc([N-]S(=O)(=O)Cc2ccccc2C[NH3+])n1. The molecular weight excluding hydrogens is 288 g/mol. The van der Waals surface area contributed by atoms with E-state index >= 15 is 0 Å². The molecule has 2 rings (SSSR count). The minimum atomic E-state index is -3.68. The number of benzene rings is 1. The first-order valence-electron chi connectivity index (χ1n) is 6.53. The summed E-state index contributed by atoms with van der Waals surface area (Å²) >= 11 is 0. The third-order valence-electron chi connectivity index (χ3n) is 2.92. The lowest BCUT2D eigenvalue weighted by Crippen LogP contribution is -2.47. The van der Waals surface area contributed by atoms with Crippen LogP contribution in [0.25, 0.3) is 4.72 Å². The summed E-state index contributed by atoms with van der Waals surface area (Å²) in [5, 5.41) is 0. The van der Waals surface area contributed by atoms with Crippen LogP contribution in [0.2, 0.25) is 0 Å². The zero-order chi connectivity index (χ0) is 15.5. The summed E-state index contributed by atoms with van der Waals surface area (Å²) in [6.45, 7) is 4.09. The van der Waals surface area contributed by atoms with Gasteiger partial charge in [-0.15, -0.1) is 0 Å². The largest absolute Gasteiger partial charge is 0.363 e. The van der Waals surface area contributed by atoms with Crippen LogP contribution in [0, 0.1) is 13.8 Å². The van der Waals surface area contributed by atoms with E-state index in [0.717, 1.165) is 5.56 Å². The maximum Gasteiger partial charge on any atom is 0.204 e. The third-order valence-corrected chi connectivity index (χ3v) is 4.03. The average Bonchev–Trinajstić information content (AvgIpc) is 2.36. The first-order chi connectivity index (χ1) is 9.89. The van der Waals surface area contributed by atoms with Crippen molar-refractivity contribution in [3.05, 3.63) is 57.6 Å². The second-order valence-corrected chi connectivity index (χ2v) is 6.42.